The molecule has 1 amide bonds. The Bertz CT molecular complexity index is 1030. The zero-order chi connectivity index (χ0) is 21.0. The first-order valence-corrected chi connectivity index (χ1v) is 9.26. The lowest BCUT2D eigenvalue weighted by molar-refractivity contribution is 0.186. The smallest absolute Gasteiger partial charge is 0.410 e. The van der Waals surface area contributed by atoms with Crippen LogP contribution >= 0.6 is 11.6 Å². The third-order valence-corrected chi connectivity index (χ3v) is 4.31. The maximum atomic E-state index is 14.5. The van der Waals surface area contributed by atoms with Crippen LogP contribution in [0.25, 0.3) is 16.8 Å². The summed E-state index contributed by atoms with van der Waals surface area (Å²) in [5, 5.41) is 23.4. The molecule has 10 heteroatoms. The Hall–Kier alpha value is -3.04. The van der Waals surface area contributed by atoms with Gasteiger partial charge >= 0.3 is 6.09 Å². The van der Waals surface area contributed by atoms with Crippen molar-refractivity contribution in [2.24, 2.45) is 0 Å². The lowest BCUT2D eigenvalue weighted by Crippen LogP contribution is -2.37. The maximum absolute atomic E-state index is 14.5. The normalized spacial score (nSPS) is 11.9. The monoisotopic (exact) mass is 419 g/mol. The van der Waals surface area contributed by atoms with Crippen LogP contribution in [-0.2, 0) is 6.42 Å². The van der Waals surface area contributed by atoms with Crippen LogP contribution in [0.2, 0.25) is 5.02 Å². The third-order valence-electron chi connectivity index (χ3n) is 4.08. The third kappa shape index (κ3) is 4.87. The zero-order valence-electron chi connectivity index (χ0n) is 15.8. The largest absolute Gasteiger partial charge is 0.412 e. The quantitative estimate of drug-likeness (QED) is 0.636. The number of hydrogen-bond acceptors (Lipinski definition) is 6. The number of hydrogen-bond donors (Lipinski definition) is 2. The molecular weight excluding hydrogens is 401 g/mol. The summed E-state index contributed by atoms with van der Waals surface area (Å²) >= 11 is 5.85. The summed E-state index contributed by atoms with van der Waals surface area (Å²) in [6.07, 6.45) is -0.185. The summed E-state index contributed by atoms with van der Waals surface area (Å²) in [7, 11) is 0. The fourth-order valence-electron chi connectivity index (χ4n) is 2.65. The van der Waals surface area contributed by atoms with Crippen molar-refractivity contribution in [3.8, 4) is 22.6 Å². The molecule has 1 heterocycles. The van der Waals surface area contributed by atoms with Gasteiger partial charge in [0.1, 0.15) is 11.6 Å². The molecular formula is C19H19ClFN5O3. The lowest BCUT2D eigenvalue weighted by Gasteiger charge is -2.14. The highest BCUT2D eigenvalue weighted by atomic mass is 35.5. The first-order chi connectivity index (χ1) is 13.9. The van der Waals surface area contributed by atoms with E-state index in [4.69, 9.17) is 21.4 Å². The lowest BCUT2D eigenvalue weighted by atomic mass is 10.0. The number of halogens is 2. The van der Waals surface area contributed by atoms with Gasteiger partial charge in [0.15, 0.2) is 5.82 Å². The molecule has 8 nitrogen and oxygen atoms in total. The fourth-order valence-corrected chi connectivity index (χ4v) is 2.81. The molecule has 0 fully saturated rings. The van der Waals surface area contributed by atoms with Crippen LogP contribution < -0.4 is 10.1 Å². The number of nitrogens with one attached hydrogen (secondary N) is 1. The maximum Gasteiger partial charge on any atom is 0.412 e. The summed E-state index contributed by atoms with van der Waals surface area (Å²) in [5.41, 5.74) is 1.22. The number of aromatic nitrogens is 4. The summed E-state index contributed by atoms with van der Waals surface area (Å²) in [6.45, 7) is 3.29. The first kappa shape index (κ1) is 20.7. The first-order valence-electron chi connectivity index (χ1n) is 8.88. The highest BCUT2D eigenvalue weighted by Gasteiger charge is 2.15. The number of aliphatic hydroxyl groups excluding tert-OH is 1. The topological polar surface area (TPSA) is 102 Å². The number of aryl methyl sites for hydroxylation is 1. The van der Waals surface area contributed by atoms with Crippen molar-refractivity contribution in [2.45, 2.75) is 26.3 Å². The summed E-state index contributed by atoms with van der Waals surface area (Å²) in [4.78, 5) is 12.1. The minimum Gasteiger partial charge on any atom is -0.410 e. The van der Waals surface area contributed by atoms with Crippen LogP contribution in [0.3, 0.4) is 0 Å². The molecule has 0 aliphatic rings. The standard InChI is InChI=1S/C19H19ClFN5O3/c1-3-18-23-24-25-26(18)14-6-12(16-5-4-13(20)8-17(16)21)7-15(9-14)29-19(28)22-11(2)10-27/h4-9,11,27H,3,10H2,1-2H3,(H,22,28). The van der Waals surface area contributed by atoms with Gasteiger partial charge in [-0.1, -0.05) is 18.5 Å². The molecule has 0 aliphatic carbocycles. The second-order valence-corrected chi connectivity index (χ2v) is 6.75. The molecule has 0 bridgehead atoms. The van der Waals surface area contributed by atoms with Crippen molar-refractivity contribution >= 4 is 17.7 Å². The molecule has 29 heavy (non-hydrogen) atoms. The van der Waals surface area contributed by atoms with Gasteiger partial charge in [0.25, 0.3) is 0 Å². The number of aliphatic hydroxyl groups is 1. The number of carbonyl (C=O) groups excluding carboxylic acids is 1. The number of nitrogens with zero attached hydrogens (tertiary/aromatic N) is 4. The van der Waals surface area contributed by atoms with Gasteiger partial charge in [-0.15, -0.1) is 5.10 Å². The van der Waals surface area contributed by atoms with Crippen LogP contribution in [0.1, 0.15) is 19.7 Å². The molecule has 1 unspecified atom stereocenters. The van der Waals surface area contributed by atoms with Crippen molar-refractivity contribution in [3.05, 3.63) is 53.1 Å². The second kappa shape index (κ2) is 8.97. The minimum atomic E-state index is -0.751. The zero-order valence-corrected chi connectivity index (χ0v) is 16.5. The molecule has 0 spiro atoms. The number of rotatable bonds is 6. The van der Waals surface area contributed by atoms with Gasteiger partial charge in [0.05, 0.1) is 18.3 Å². The van der Waals surface area contributed by atoms with Gasteiger partial charge in [0.2, 0.25) is 0 Å². The molecule has 2 N–H and O–H groups in total. The van der Waals surface area contributed by atoms with E-state index in [1.165, 1.54) is 22.9 Å². The predicted molar refractivity (Wildman–Crippen MR) is 105 cm³/mol. The summed E-state index contributed by atoms with van der Waals surface area (Å²) < 4.78 is 21.3. The van der Waals surface area contributed by atoms with E-state index in [1.54, 1.807) is 25.1 Å². The molecule has 0 aliphatic heterocycles. The van der Waals surface area contributed by atoms with E-state index in [0.29, 0.717) is 23.5 Å². The van der Waals surface area contributed by atoms with E-state index in [2.05, 4.69) is 20.8 Å². The SMILES string of the molecule is CCc1nnnn1-c1cc(OC(=O)NC(C)CO)cc(-c2ccc(Cl)cc2F)c1. The van der Waals surface area contributed by atoms with Crippen LogP contribution in [0.4, 0.5) is 9.18 Å². The highest BCUT2D eigenvalue weighted by molar-refractivity contribution is 6.30. The van der Waals surface area contributed by atoms with E-state index in [1.807, 2.05) is 6.92 Å². The van der Waals surface area contributed by atoms with E-state index >= 15 is 0 Å². The van der Waals surface area contributed by atoms with Crippen LogP contribution in [0.5, 0.6) is 5.75 Å². The van der Waals surface area contributed by atoms with Gasteiger partial charge in [-0.25, -0.2) is 9.18 Å². The molecule has 0 radical (unpaired) electrons. The van der Waals surface area contributed by atoms with Gasteiger partial charge in [-0.2, -0.15) is 4.68 Å². The van der Waals surface area contributed by atoms with Gasteiger partial charge < -0.3 is 15.2 Å². The highest BCUT2D eigenvalue weighted by Crippen LogP contribution is 2.31. The number of amides is 1. The number of ether oxygens (including phenoxy) is 1. The molecule has 152 valence electrons. The Labute approximate surface area is 171 Å². The summed E-state index contributed by atoms with van der Waals surface area (Å²) in [5.74, 6) is 0.224. The number of benzene rings is 2. The van der Waals surface area contributed by atoms with Gasteiger partial charge in [-0.3, -0.25) is 0 Å². The molecule has 1 aromatic heterocycles. The Kier molecular flexibility index (Phi) is 6.40. The van der Waals surface area contributed by atoms with Crippen molar-refractivity contribution in [1.29, 1.82) is 0 Å². The Morgan fingerprint density at radius 1 is 1.34 bits per heavy atom. The van der Waals surface area contributed by atoms with E-state index in [-0.39, 0.29) is 22.9 Å². The van der Waals surface area contributed by atoms with E-state index < -0.39 is 18.0 Å². The van der Waals surface area contributed by atoms with Crippen molar-refractivity contribution < 1.29 is 19.0 Å². The molecule has 1 atom stereocenters. The minimum absolute atomic E-state index is 0.159. The molecule has 0 saturated heterocycles. The van der Waals surface area contributed by atoms with E-state index in [0.717, 1.165) is 0 Å². The Balaban J connectivity index is 2.06. The van der Waals surface area contributed by atoms with E-state index in [9.17, 15) is 9.18 Å². The van der Waals surface area contributed by atoms with Crippen LogP contribution in [-0.4, -0.2) is 44.1 Å². The Morgan fingerprint density at radius 3 is 2.83 bits per heavy atom. The molecule has 3 rings (SSSR count). The average molecular weight is 420 g/mol. The fraction of sp³-hybridized carbons (Fsp3) is 0.263. The molecule has 0 saturated carbocycles. The summed E-state index contributed by atoms with van der Waals surface area (Å²) in [6, 6.07) is 8.60. The van der Waals surface area contributed by atoms with Crippen molar-refractivity contribution in [3.63, 3.8) is 0 Å². The van der Waals surface area contributed by atoms with Crippen molar-refractivity contribution in [1.82, 2.24) is 25.5 Å². The van der Waals surface area contributed by atoms with Crippen LogP contribution in [0, 0.1) is 5.82 Å². The number of carbonyl (C=O) groups is 1. The number of tetrazole rings is 1. The average Bonchev–Trinajstić information content (AvgIpc) is 3.16. The van der Waals surface area contributed by atoms with Gasteiger partial charge in [0, 0.05) is 23.1 Å². The second-order valence-electron chi connectivity index (χ2n) is 6.32. The molecule has 3 aromatic rings. The van der Waals surface area contributed by atoms with Crippen LogP contribution in [0.15, 0.2) is 36.4 Å². The van der Waals surface area contributed by atoms with Gasteiger partial charge in [-0.05, 0) is 53.2 Å². The Morgan fingerprint density at radius 2 is 2.14 bits per heavy atom. The predicted octanol–water partition coefficient (Wildman–Crippen LogP) is 3.15. The molecule has 2 aromatic carbocycles. The van der Waals surface area contributed by atoms with Crippen molar-refractivity contribution in [2.75, 3.05) is 6.61 Å².